The number of hydrogen-bond donors (Lipinski definition) is 0. The van der Waals surface area contributed by atoms with E-state index in [0.717, 1.165) is 18.3 Å². The van der Waals surface area contributed by atoms with Crippen molar-refractivity contribution >= 4 is 5.97 Å². The van der Waals surface area contributed by atoms with E-state index in [0.29, 0.717) is 6.61 Å². The van der Waals surface area contributed by atoms with E-state index in [4.69, 9.17) is 4.74 Å². The molecule has 0 bridgehead atoms. The summed E-state index contributed by atoms with van der Waals surface area (Å²) in [5.74, 6) is 1.39. The SMILES string of the molecule is CC(=O)OCCCC(C)CCC(C)C. The van der Waals surface area contributed by atoms with Gasteiger partial charge in [0.1, 0.15) is 0 Å². The van der Waals surface area contributed by atoms with Crippen LogP contribution in [-0.2, 0) is 9.53 Å². The maximum atomic E-state index is 10.5. The fraction of sp³-hybridized carbons (Fsp3) is 0.917. The first-order chi connectivity index (χ1) is 6.52. The molecule has 0 spiro atoms. The first-order valence-corrected chi connectivity index (χ1v) is 5.65. The number of rotatable bonds is 7. The van der Waals surface area contributed by atoms with Crippen LogP contribution in [0.15, 0.2) is 0 Å². The summed E-state index contributed by atoms with van der Waals surface area (Å²) < 4.78 is 4.88. The van der Waals surface area contributed by atoms with Crippen molar-refractivity contribution in [3.05, 3.63) is 0 Å². The summed E-state index contributed by atoms with van der Waals surface area (Å²) in [4.78, 5) is 10.5. The third-order valence-electron chi connectivity index (χ3n) is 2.38. The molecule has 0 amide bonds. The second-order valence-electron chi connectivity index (χ2n) is 4.56. The van der Waals surface area contributed by atoms with Gasteiger partial charge in [-0.2, -0.15) is 0 Å². The zero-order valence-corrected chi connectivity index (χ0v) is 10.0. The van der Waals surface area contributed by atoms with Crippen molar-refractivity contribution in [2.75, 3.05) is 6.61 Å². The van der Waals surface area contributed by atoms with Crippen LogP contribution >= 0.6 is 0 Å². The summed E-state index contributed by atoms with van der Waals surface area (Å²) in [5, 5.41) is 0. The molecule has 0 radical (unpaired) electrons. The van der Waals surface area contributed by atoms with E-state index in [2.05, 4.69) is 20.8 Å². The second kappa shape index (κ2) is 7.84. The second-order valence-corrected chi connectivity index (χ2v) is 4.56. The standard InChI is InChI=1S/C12H24O2/c1-10(2)7-8-11(3)6-5-9-14-12(4)13/h10-11H,5-9H2,1-4H3. The van der Waals surface area contributed by atoms with Crippen LogP contribution in [0.3, 0.4) is 0 Å². The van der Waals surface area contributed by atoms with Crippen LogP contribution in [0.4, 0.5) is 0 Å². The van der Waals surface area contributed by atoms with Crippen molar-refractivity contribution in [2.45, 2.75) is 53.4 Å². The van der Waals surface area contributed by atoms with Crippen LogP contribution in [-0.4, -0.2) is 12.6 Å². The zero-order valence-electron chi connectivity index (χ0n) is 10.0. The van der Waals surface area contributed by atoms with Gasteiger partial charge in [-0.05, 0) is 24.7 Å². The average molecular weight is 200 g/mol. The maximum Gasteiger partial charge on any atom is 0.302 e. The highest BCUT2D eigenvalue weighted by Crippen LogP contribution is 2.16. The van der Waals surface area contributed by atoms with Crippen LogP contribution in [0.5, 0.6) is 0 Å². The Balaban J connectivity index is 3.26. The number of ether oxygens (including phenoxy) is 1. The molecular weight excluding hydrogens is 176 g/mol. The Labute approximate surface area is 88.0 Å². The first-order valence-electron chi connectivity index (χ1n) is 5.65. The lowest BCUT2D eigenvalue weighted by atomic mass is 9.96. The van der Waals surface area contributed by atoms with Crippen LogP contribution in [0.2, 0.25) is 0 Å². The van der Waals surface area contributed by atoms with Gasteiger partial charge in [0.05, 0.1) is 6.61 Å². The van der Waals surface area contributed by atoms with Crippen LogP contribution in [0.1, 0.15) is 53.4 Å². The summed E-state index contributed by atoms with van der Waals surface area (Å²) in [7, 11) is 0. The van der Waals surface area contributed by atoms with Crippen LogP contribution < -0.4 is 0 Å². The molecule has 0 aromatic heterocycles. The third-order valence-corrected chi connectivity index (χ3v) is 2.38. The lowest BCUT2D eigenvalue weighted by molar-refractivity contribution is -0.141. The molecule has 0 N–H and O–H groups in total. The Morgan fingerprint density at radius 3 is 2.29 bits per heavy atom. The molecule has 0 saturated heterocycles. The molecule has 2 heteroatoms. The van der Waals surface area contributed by atoms with Gasteiger partial charge in [0.2, 0.25) is 0 Å². The summed E-state index contributed by atoms with van der Waals surface area (Å²) in [6.07, 6.45) is 4.76. The molecule has 84 valence electrons. The minimum atomic E-state index is -0.167. The Hall–Kier alpha value is -0.530. The van der Waals surface area contributed by atoms with E-state index >= 15 is 0 Å². The highest BCUT2D eigenvalue weighted by molar-refractivity contribution is 5.65. The molecule has 1 atom stereocenters. The molecule has 0 aliphatic carbocycles. The van der Waals surface area contributed by atoms with Gasteiger partial charge in [-0.1, -0.05) is 33.6 Å². The smallest absolute Gasteiger partial charge is 0.302 e. The lowest BCUT2D eigenvalue weighted by Gasteiger charge is -2.12. The Kier molecular flexibility index (Phi) is 7.54. The largest absolute Gasteiger partial charge is 0.466 e. The Morgan fingerprint density at radius 1 is 1.14 bits per heavy atom. The monoisotopic (exact) mass is 200 g/mol. The predicted molar refractivity (Wildman–Crippen MR) is 59.1 cm³/mol. The van der Waals surface area contributed by atoms with Crippen molar-refractivity contribution in [2.24, 2.45) is 11.8 Å². The van der Waals surface area contributed by atoms with Crippen molar-refractivity contribution in [3.8, 4) is 0 Å². The van der Waals surface area contributed by atoms with Gasteiger partial charge in [0.25, 0.3) is 0 Å². The lowest BCUT2D eigenvalue weighted by Crippen LogP contribution is -2.03. The quantitative estimate of drug-likeness (QED) is 0.465. The van der Waals surface area contributed by atoms with Crippen molar-refractivity contribution in [1.29, 1.82) is 0 Å². The Bertz CT molecular complexity index is 152. The van der Waals surface area contributed by atoms with Gasteiger partial charge in [-0.3, -0.25) is 4.79 Å². The molecule has 0 aliphatic rings. The molecule has 0 aromatic rings. The van der Waals surface area contributed by atoms with E-state index in [1.54, 1.807) is 0 Å². The van der Waals surface area contributed by atoms with E-state index < -0.39 is 0 Å². The summed E-state index contributed by atoms with van der Waals surface area (Å²) >= 11 is 0. The average Bonchev–Trinajstić information content (AvgIpc) is 2.08. The molecule has 14 heavy (non-hydrogen) atoms. The molecule has 1 unspecified atom stereocenters. The van der Waals surface area contributed by atoms with Gasteiger partial charge in [0, 0.05) is 6.92 Å². The van der Waals surface area contributed by atoms with Crippen LogP contribution in [0.25, 0.3) is 0 Å². The van der Waals surface area contributed by atoms with Crippen LogP contribution in [0, 0.1) is 11.8 Å². The maximum absolute atomic E-state index is 10.5. The van der Waals surface area contributed by atoms with Gasteiger partial charge in [-0.15, -0.1) is 0 Å². The van der Waals surface area contributed by atoms with E-state index in [1.165, 1.54) is 26.2 Å². The van der Waals surface area contributed by atoms with Crippen molar-refractivity contribution < 1.29 is 9.53 Å². The first kappa shape index (κ1) is 13.5. The van der Waals surface area contributed by atoms with Gasteiger partial charge in [0.15, 0.2) is 0 Å². The molecule has 0 aromatic carbocycles. The zero-order chi connectivity index (χ0) is 11.0. The van der Waals surface area contributed by atoms with Crippen molar-refractivity contribution in [1.82, 2.24) is 0 Å². The number of hydrogen-bond acceptors (Lipinski definition) is 2. The molecule has 0 heterocycles. The van der Waals surface area contributed by atoms with E-state index in [1.807, 2.05) is 0 Å². The molecule has 0 saturated carbocycles. The van der Waals surface area contributed by atoms with E-state index in [-0.39, 0.29) is 5.97 Å². The van der Waals surface area contributed by atoms with Crippen molar-refractivity contribution in [3.63, 3.8) is 0 Å². The minimum absolute atomic E-state index is 0.167. The summed E-state index contributed by atoms with van der Waals surface area (Å²) in [6, 6.07) is 0. The summed E-state index contributed by atoms with van der Waals surface area (Å²) in [5.41, 5.74) is 0. The molecular formula is C12H24O2. The topological polar surface area (TPSA) is 26.3 Å². The summed E-state index contributed by atoms with van der Waals surface area (Å²) in [6.45, 7) is 8.83. The number of carbonyl (C=O) groups excluding carboxylic acids is 1. The molecule has 0 aliphatic heterocycles. The number of esters is 1. The fourth-order valence-electron chi connectivity index (χ4n) is 1.41. The highest BCUT2D eigenvalue weighted by atomic mass is 16.5. The molecule has 2 nitrogen and oxygen atoms in total. The Morgan fingerprint density at radius 2 is 1.79 bits per heavy atom. The normalized spacial score (nSPS) is 12.9. The fourth-order valence-corrected chi connectivity index (χ4v) is 1.41. The number of carbonyl (C=O) groups is 1. The van der Waals surface area contributed by atoms with E-state index in [9.17, 15) is 4.79 Å². The predicted octanol–water partition coefficient (Wildman–Crippen LogP) is 3.40. The third kappa shape index (κ3) is 9.56. The minimum Gasteiger partial charge on any atom is -0.466 e. The van der Waals surface area contributed by atoms with Gasteiger partial charge < -0.3 is 4.74 Å². The van der Waals surface area contributed by atoms with Gasteiger partial charge in [-0.25, -0.2) is 0 Å². The molecule has 0 fully saturated rings. The van der Waals surface area contributed by atoms with Gasteiger partial charge >= 0.3 is 5.97 Å². The molecule has 0 rings (SSSR count). The highest BCUT2D eigenvalue weighted by Gasteiger charge is 2.04.